The van der Waals surface area contributed by atoms with E-state index in [-0.39, 0.29) is 17.6 Å². The van der Waals surface area contributed by atoms with Crippen molar-refractivity contribution in [2.45, 2.75) is 90.0 Å². The van der Waals surface area contributed by atoms with E-state index in [1.807, 2.05) is 0 Å². The van der Waals surface area contributed by atoms with Crippen molar-refractivity contribution >= 4 is 64.1 Å². The lowest BCUT2D eigenvalue weighted by Gasteiger charge is -2.48. The molecule has 2 rings (SSSR count). The molecule has 0 saturated carbocycles. The van der Waals surface area contributed by atoms with Gasteiger partial charge in [-0.05, 0) is 36.5 Å². The number of thioether (sulfide) groups is 1. The van der Waals surface area contributed by atoms with Crippen LogP contribution in [0.15, 0.2) is 30.3 Å². The van der Waals surface area contributed by atoms with E-state index in [0.29, 0.717) is 17.3 Å². The Morgan fingerprint density at radius 1 is 0.933 bits per heavy atom. The summed E-state index contributed by atoms with van der Waals surface area (Å²) in [6.07, 6.45) is -6.44. The van der Waals surface area contributed by atoms with Crippen molar-refractivity contribution in [2.24, 2.45) is 0 Å². The van der Waals surface area contributed by atoms with Crippen molar-refractivity contribution in [1.82, 2.24) is 5.32 Å². The number of ether oxygens (including phenoxy) is 7. The number of thiocarbonyl (C=S) groups is 1. The highest BCUT2D eigenvalue weighted by Crippen LogP contribution is 2.44. The molecule has 16 heteroatoms. The molecule has 1 amide bonds. The number of esters is 5. The maximum absolute atomic E-state index is 14.0. The third-order valence-corrected chi connectivity index (χ3v) is 7.44. The molecular formula is C29H37NO13S2. The highest BCUT2D eigenvalue weighted by atomic mass is 32.2. The zero-order valence-corrected chi connectivity index (χ0v) is 27.4. The molecule has 0 radical (unpaired) electrons. The van der Waals surface area contributed by atoms with E-state index < -0.39 is 84.2 Å². The molecule has 1 fully saturated rings. The van der Waals surface area contributed by atoms with Crippen LogP contribution in [0.25, 0.3) is 0 Å². The molecule has 1 aromatic rings. The summed E-state index contributed by atoms with van der Waals surface area (Å²) >= 11 is 5.99. The average molecular weight is 672 g/mol. The Labute approximate surface area is 270 Å². The fraction of sp³-hybridized carbons (Fsp3) is 0.552. The Hall–Kier alpha value is -3.76. The van der Waals surface area contributed by atoms with E-state index in [1.54, 1.807) is 37.3 Å². The number of hydrogen-bond donors (Lipinski definition) is 1. The van der Waals surface area contributed by atoms with E-state index in [2.05, 4.69) is 5.32 Å². The number of amides is 1. The Kier molecular flexibility index (Phi) is 14.7. The SMILES string of the molecule is CCOC(=S)S[C@]1(C(=O)OCc2ccccc2)C[C@@H](OC(C)=O)[C@@H](NC(C)=O)C([C@H](OC(C)=O)[C@@H](COC(C)=O)OC(C)=O)O1. The standard InChI is InChI=1S/C29H37NO13S2/c1-7-37-28(44)45-29(27(36)39-14-21-11-9-8-10-12-21)13-22(40-18(4)33)24(30-16(2)31)26(43-29)25(42-20(6)35)23(41-19(5)34)15-38-17(3)32/h8-12,22-26H,7,13-15H2,1-6H3,(H,30,31)/t22-,23-,24-,25-,26?,29+/m1/s1. The average Bonchev–Trinajstić information content (AvgIpc) is 2.93. The summed E-state index contributed by atoms with van der Waals surface area (Å²) in [5.41, 5.74) is 0.646. The highest BCUT2D eigenvalue weighted by Gasteiger charge is 2.59. The van der Waals surface area contributed by atoms with E-state index in [9.17, 15) is 28.8 Å². The summed E-state index contributed by atoms with van der Waals surface area (Å²) in [5.74, 6) is -4.81. The predicted molar refractivity (Wildman–Crippen MR) is 161 cm³/mol. The summed E-state index contributed by atoms with van der Waals surface area (Å²) < 4.78 is 38.9. The van der Waals surface area contributed by atoms with Crippen LogP contribution in [0, 0.1) is 0 Å². The van der Waals surface area contributed by atoms with Gasteiger partial charge in [-0.15, -0.1) is 0 Å². The van der Waals surface area contributed by atoms with Crippen LogP contribution in [0.4, 0.5) is 0 Å². The quantitative estimate of drug-likeness (QED) is 0.183. The normalized spacial score (nSPS) is 22.0. The molecule has 1 unspecified atom stereocenters. The van der Waals surface area contributed by atoms with Gasteiger partial charge in [0.1, 0.15) is 25.4 Å². The molecule has 1 aromatic carbocycles. The third-order valence-electron chi connectivity index (χ3n) is 6.03. The molecule has 1 aliphatic rings. The molecule has 0 spiro atoms. The van der Waals surface area contributed by atoms with Crippen molar-refractivity contribution in [2.75, 3.05) is 13.2 Å². The van der Waals surface area contributed by atoms with Crippen LogP contribution in [0.1, 0.15) is 53.5 Å². The topological polar surface area (TPSA) is 179 Å². The molecule has 248 valence electrons. The molecule has 0 bridgehead atoms. The van der Waals surface area contributed by atoms with Crippen molar-refractivity contribution in [1.29, 1.82) is 0 Å². The van der Waals surface area contributed by atoms with Gasteiger partial charge >= 0.3 is 29.8 Å². The summed E-state index contributed by atoms with van der Waals surface area (Å²) in [4.78, 5) is 72.8. The summed E-state index contributed by atoms with van der Waals surface area (Å²) in [7, 11) is 0. The number of benzene rings is 1. The molecule has 0 aromatic heterocycles. The van der Waals surface area contributed by atoms with Crippen molar-refractivity contribution < 1.29 is 61.9 Å². The predicted octanol–water partition coefficient (Wildman–Crippen LogP) is 2.13. The van der Waals surface area contributed by atoms with Gasteiger partial charge in [0.2, 0.25) is 15.2 Å². The van der Waals surface area contributed by atoms with Crippen molar-refractivity contribution in [3.8, 4) is 0 Å². The Morgan fingerprint density at radius 3 is 2.11 bits per heavy atom. The number of rotatable bonds is 13. The zero-order chi connectivity index (χ0) is 33.7. The molecule has 1 aliphatic heterocycles. The summed E-state index contributed by atoms with van der Waals surface area (Å²) in [5, 5.41) is 2.62. The molecule has 1 N–H and O–H groups in total. The second kappa shape index (κ2) is 17.7. The van der Waals surface area contributed by atoms with Gasteiger partial charge < -0.3 is 38.5 Å². The summed E-state index contributed by atoms with van der Waals surface area (Å²) in [6, 6.07) is 7.46. The number of hydrogen-bond acceptors (Lipinski definition) is 15. The van der Waals surface area contributed by atoms with E-state index in [4.69, 9.17) is 45.4 Å². The fourth-order valence-electron chi connectivity index (χ4n) is 4.46. The maximum Gasteiger partial charge on any atom is 0.350 e. The first-order valence-corrected chi connectivity index (χ1v) is 15.1. The number of carbonyl (C=O) groups is 6. The summed E-state index contributed by atoms with van der Waals surface area (Å²) in [6.45, 7) is 6.56. The fourth-order valence-corrected chi connectivity index (χ4v) is 5.98. The number of carbonyl (C=O) groups excluding carboxylic acids is 6. The second-order valence-electron chi connectivity index (χ2n) is 9.79. The first kappa shape index (κ1) is 37.4. The Balaban J connectivity index is 2.75. The van der Waals surface area contributed by atoms with E-state index in [1.165, 1.54) is 6.92 Å². The minimum atomic E-state index is -2.11. The van der Waals surface area contributed by atoms with Crippen LogP contribution in [0.2, 0.25) is 0 Å². The molecular weight excluding hydrogens is 634 g/mol. The van der Waals surface area contributed by atoms with Gasteiger partial charge in [-0.1, -0.05) is 30.3 Å². The third kappa shape index (κ3) is 11.9. The van der Waals surface area contributed by atoms with Crippen LogP contribution in [-0.4, -0.2) is 88.7 Å². The monoisotopic (exact) mass is 671 g/mol. The lowest BCUT2D eigenvalue weighted by molar-refractivity contribution is -0.225. The maximum atomic E-state index is 14.0. The molecule has 0 aliphatic carbocycles. The first-order chi connectivity index (χ1) is 21.2. The van der Waals surface area contributed by atoms with Gasteiger partial charge in [0.05, 0.1) is 12.6 Å². The lowest BCUT2D eigenvalue weighted by atomic mass is 9.89. The molecule has 14 nitrogen and oxygen atoms in total. The zero-order valence-electron chi connectivity index (χ0n) is 25.7. The van der Waals surface area contributed by atoms with Gasteiger partial charge in [-0.25, -0.2) is 4.79 Å². The molecule has 45 heavy (non-hydrogen) atoms. The molecule has 1 heterocycles. The molecule has 6 atom stereocenters. The van der Waals surface area contributed by atoms with Gasteiger partial charge in [0.15, 0.2) is 12.2 Å². The van der Waals surface area contributed by atoms with Crippen LogP contribution in [0.5, 0.6) is 0 Å². The van der Waals surface area contributed by atoms with Crippen molar-refractivity contribution in [3.63, 3.8) is 0 Å². The van der Waals surface area contributed by atoms with E-state index in [0.717, 1.165) is 27.7 Å². The van der Waals surface area contributed by atoms with Crippen LogP contribution in [0.3, 0.4) is 0 Å². The van der Waals surface area contributed by atoms with Gasteiger partial charge in [0, 0.05) is 41.0 Å². The molecule has 1 saturated heterocycles. The first-order valence-electron chi connectivity index (χ1n) is 13.8. The van der Waals surface area contributed by atoms with Crippen molar-refractivity contribution in [3.05, 3.63) is 35.9 Å². The van der Waals surface area contributed by atoms with E-state index >= 15 is 0 Å². The van der Waals surface area contributed by atoms with Crippen LogP contribution < -0.4 is 5.32 Å². The van der Waals surface area contributed by atoms with Crippen LogP contribution >= 0.6 is 24.0 Å². The number of nitrogens with one attached hydrogen (secondary N) is 1. The Morgan fingerprint density at radius 2 is 1.58 bits per heavy atom. The minimum absolute atomic E-state index is 0.132. The smallest absolute Gasteiger partial charge is 0.350 e. The van der Waals surface area contributed by atoms with Gasteiger partial charge in [0.25, 0.3) is 0 Å². The Bertz CT molecular complexity index is 1240. The second-order valence-corrected chi connectivity index (χ2v) is 11.6. The van der Waals surface area contributed by atoms with Crippen LogP contribution in [-0.2, 0) is 68.5 Å². The highest BCUT2D eigenvalue weighted by molar-refractivity contribution is 8.23. The largest absolute Gasteiger partial charge is 0.479 e. The van der Waals surface area contributed by atoms with Gasteiger partial charge in [-0.3, -0.25) is 24.0 Å². The van der Waals surface area contributed by atoms with Gasteiger partial charge in [-0.2, -0.15) is 0 Å². The minimum Gasteiger partial charge on any atom is -0.479 e. The lowest BCUT2D eigenvalue weighted by Crippen LogP contribution is -2.68.